The van der Waals surface area contributed by atoms with E-state index in [4.69, 9.17) is 0 Å². The zero-order valence-corrected chi connectivity index (χ0v) is 13.9. The van der Waals surface area contributed by atoms with E-state index in [2.05, 4.69) is 15.9 Å². The van der Waals surface area contributed by atoms with Gasteiger partial charge in [-0.2, -0.15) is 4.31 Å². The molecule has 0 aromatic heterocycles. The van der Waals surface area contributed by atoms with Crippen LogP contribution in [0.25, 0.3) is 0 Å². The van der Waals surface area contributed by atoms with E-state index in [0.29, 0.717) is 10.9 Å². The van der Waals surface area contributed by atoms with Crippen molar-refractivity contribution < 1.29 is 12.8 Å². The lowest BCUT2D eigenvalue weighted by molar-refractivity contribution is 0.456. The van der Waals surface area contributed by atoms with Gasteiger partial charge in [0, 0.05) is 24.5 Å². The minimum absolute atomic E-state index is 0.00476. The molecule has 6 heteroatoms. The summed E-state index contributed by atoms with van der Waals surface area (Å²) in [6, 6.07) is 12.8. The average molecular weight is 372 g/mol. The van der Waals surface area contributed by atoms with Gasteiger partial charge in [-0.15, -0.1) is 0 Å². The van der Waals surface area contributed by atoms with Crippen molar-refractivity contribution in [3.05, 3.63) is 65.5 Å². The minimum Gasteiger partial charge on any atom is -0.207 e. The molecule has 0 aliphatic rings. The number of hydrogen-bond donors (Lipinski definition) is 0. The normalized spacial score (nSPS) is 11.8. The molecule has 0 unspecified atom stereocenters. The van der Waals surface area contributed by atoms with Crippen LogP contribution in [0.4, 0.5) is 4.39 Å². The van der Waals surface area contributed by atoms with E-state index in [1.165, 1.54) is 13.1 Å². The third-order valence-corrected chi connectivity index (χ3v) is 5.60. The van der Waals surface area contributed by atoms with Crippen LogP contribution in [0.5, 0.6) is 0 Å². The maximum Gasteiger partial charge on any atom is 0.243 e. The highest BCUT2D eigenvalue weighted by molar-refractivity contribution is 9.08. The summed E-state index contributed by atoms with van der Waals surface area (Å²) in [6.07, 6.45) is 0. The fraction of sp³-hybridized carbons (Fsp3) is 0.200. The van der Waals surface area contributed by atoms with E-state index in [1.54, 1.807) is 42.5 Å². The highest BCUT2D eigenvalue weighted by atomic mass is 79.9. The Morgan fingerprint density at radius 1 is 1.10 bits per heavy atom. The van der Waals surface area contributed by atoms with Crippen molar-refractivity contribution in [1.82, 2.24) is 4.31 Å². The molecule has 2 aromatic rings. The molecular weight excluding hydrogens is 357 g/mol. The second-order valence-corrected chi connectivity index (χ2v) is 7.24. The Kier molecular flexibility index (Phi) is 5.13. The van der Waals surface area contributed by atoms with Gasteiger partial charge in [0.15, 0.2) is 0 Å². The Morgan fingerprint density at radius 3 is 2.29 bits per heavy atom. The number of alkyl halides is 1. The summed E-state index contributed by atoms with van der Waals surface area (Å²) >= 11 is 3.31. The Hall–Kier alpha value is -1.24. The minimum atomic E-state index is -3.63. The monoisotopic (exact) mass is 371 g/mol. The lowest BCUT2D eigenvalue weighted by atomic mass is 10.2. The van der Waals surface area contributed by atoms with Crippen LogP contribution in [0.2, 0.25) is 0 Å². The summed E-state index contributed by atoms with van der Waals surface area (Å²) in [5.74, 6) is -0.408. The van der Waals surface area contributed by atoms with Crippen LogP contribution in [-0.4, -0.2) is 19.8 Å². The Labute approximate surface area is 132 Å². The van der Waals surface area contributed by atoms with Crippen LogP contribution in [-0.2, 0) is 21.9 Å². The molecule has 0 N–H and O–H groups in total. The number of hydrogen-bond acceptors (Lipinski definition) is 2. The molecule has 0 saturated heterocycles. The zero-order chi connectivity index (χ0) is 15.5. The van der Waals surface area contributed by atoms with Gasteiger partial charge in [0.2, 0.25) is 10.0 Å². The summed E-state index contributed by atoms with van der Waals surface area (Å²) < 4.78 is 39.6. The lowest BCUT2D eigenvalue weighted by Crippen LogP contribution is -2.26. The lowest BCUT2D eigenvalue weighted by Gasteiger charge is -2.17. The quantitative estimate of drug-likeness (QED) is 0.753. The molecule has 0 radical (unpaired) electrons. The van der Waals surface area contributed by atoms with Crippen LogP contribution >= 0.6 is 15.9 Å². The second-order valence-electron chi connectivity index (χ2n) is 4.63. The Morgan fingerprint density at radius 2 is 1.71 bits per heavy atom. The van der Waals surface area contributed by atoms with E-state index in [-0.39, 0.29) is 11.4 Å². The standard InChI is InChI=1S/C15H15BrFNO2S/c1-18(11-13-4-2-3-5-15(13)17)21(19,20)14-8-6-12(10-16)7-9-14/h2-9H,10-11H2,1H3. The van der Waals surface area contributed by atoms with Gasteiger partial charge in [0.1, 0.15) is 5.82 Å². The highest BCUT2D eigenvalue weighted by Gasteiger charge is 2.21. The van der Waals surface area contributed by atoms with Gasteiger partial charge in [-0.1, -0.05) is 46.3 Å². The van der Waals surface area contributed by atoms with Gasteiger partial charge >= 0.3 is 0 Å². The van der Waals surface area contributed by atoms with Crippen molar-refractivity contribution in [2.45, 2.75) is 16.8 Å². The Bertz CT molecular complexity index is 717. The zero-order valence-electron chi connectivity index (χ0n) is 11.5. The van der Waals surface area contributed by atoms with Gasteiger partial charge in [0.05, 0.1) is 4.90 Å². The van der Waals surface area contributed by atoms with Crippen molar-refractivity contribution in [3.63, 3.8) is 0 Å². The highest BCUT2D eigenvalue weighted by Crippen LogP contribution is 2.19. The molecule has 0 saturated carbocycles. The second kappa shape index (κ2) is 6.68. The van der Waals surface area contributed by atoms with Crippen molar-refractivity contribution in [1.29, 1.82) is 0 Å². The smallest absolute Gasteiger partial charge is 0.207 e. The fourth-order valence-corrected chi connectivity index (χ4v) is 3.40. The first kappa shape index (κ1) is 16.1. The number of halogens is 2. The molecule has 0 heterocycles. The molecule has 0 spiro atoms. The maximum atomic E-state index is 13.6. The first-order valence-corrected chi connectivity index (χ1v) is 8.86. The van der Waals surface area contributed by atoms with Gasteiger partial charge in [-0.25, -0.2) is 12.8 Å². The molecule has 3 nitrogen and oxygen atoms in total. The number of sulfonamides is 1. The molecule has 112 valence electrons. The summed E-state index contributed by atoms with van der Waals surface area (Å²) in [7, 11) is -2.18. The molecule has 0 bridgehead atoms. The fourth-order valence-electron chi connectivity index (χ4n) is 1.88. The molecular formula is C15H15BrFNO2S. The summed E-state index contributed by atoms with van der Waals surface area (Å²) in [5, 5.41) is 0.665. The van der Waals surface area contributed by atoms with Crippen LogP contribution in [0.1, 0.15) is 11.1 Å². The van der Waals surface area contributed by atoms with Gasteiger partial charge in [0.25, 0.3) is 0 Å². The predicted molar refractivity (Wildman–Crippen MR) is 84.1 cm³/mol. The third kappa shape index (κ3) is 3.70. The van der Waals surface area contributed by atoms with Gasteiger partial charge in [-0.05, 0) is 23.8 Å². The SMILES string of the molecule is CN(Cc1ccccc1F)S(=O)(=O)c1ccc(CBr)cc1. The van der Waals surface area contributed by atoms with E-state index >= 15 is 0 Å². The average Bonchev–Trinajstić information content (AvgIpc) is 2.49. The first-order chi connectivity index (χ1) is 9.95. The van der Waals surface area contributed by atoms with Crippen molar-refractivity contribution in [3.8, 4) is 0 Å². The number of rotatable bonds is 5. The molecule has 0 aliphatic heterocycles. The first-order valence-electron chi connectivity index (χ1n) is 6.30. The van der Waals surface area contributed by atoms with Gasteiger partial charge in [-0.3, -0.25) is 0 Å². The summed E-state index contributed by atoms with van der Waals surface area (Å²) in [5.41, 5.74) is 1.34. The van der Waals surface area contributed by atoms with E-state index in [1.807, 2.05) is 0 Å². The number of nitrogens with zero attached hydrogens (tertiary/aromatic N) is 1. The van der Waals surface area contributed by atoms with E-state index in [0.717, 1.165) is 9.87 Å². The molecule has 0 amide bonds. The topological polar surface area (TPSA) is 37.4 Å². The van der Waals surface area contributed by atoms with Crippen LogP contribution in [0.15, 0.2) is 53.4 Å². The molecule has 0 atom stereocenters. The number of benzene rings is 2. The van der Waals surface area contributed by atoms with E-state index in [9.17, 15) is 12.8 Å². The van der Waals surface area contributed by atoms with Crippen LogP contribution in [0, 0.1) is 5.82 Å². The van der Waals surface area contributed by atoms with Crippen molar-refractivity contribution in [2.24, 2.45) is 0 Å². The van der Waals surface area contributed by atoms with Crippen molar-refractivity contribution in [2.75, 3.05) is 7.05 Å². The molecule has 2 rings (SSSR count). The molecule has 0 fully saturated rings. The molecule has 2 aromatic carbocycles. The Balaban J connectivity index is 2.24. The third-order valence-electron chi connectivity index (χ3n) is 3.14. The van der Waals surface area contributed by atoms with E-state index < -0.39 is 15.8 Å². The largest absolute Gasteiger partial charge is 0.243 e. The van der Waals surface area contributed by atoms with Crippen LogP contribution < -0.4 is 0 Å². The molecule has 0 aliphatic carbocycles. The summed E-state index contributed by atoms with van der Waals surface area (Å²) in [6.45, 7) is -0.00476. The van der Waals surface area contributed by atoms with Gasteiger partial charge < -0.3 is 0 Å². The molecule has 21 heavy (non-hydrogen) atoms. The van der Waals surface area contributed by atoms with Crippen molar-refractivity contribution >= 4 is 26.0 Å². The van der Waals surface area contributed by atoms with Crippen LogP contribution in [0.3, 0.4) is 0 Å². The summed E-state index contributed by atoms with van der Waals surface area (Å²) in [4.78, 5) is 0.200. The predicted octanol–water partition coefficient (Wildman–Crippen LogP) is 3.54. The maximum absolute atomic E-state index is 13.6.